The summed E-state index contributed by atoms with van der Waals surface area (Å²) < 4.78 is 0.538. The van der Waals surface area contributed by atoms with E-state index in [2.05, 4.69) is 48.6 Å². The SMILES string of the molecule is CN1CCc2cc(NC(=O)C(C)(C)NC(=O)c3ccc(Cl)s3)ccc2C(C)(C)C1. The normalized spacial score (nSPS) is 16.6. The summed E-state index contributed by atoms with van der Waals surface area (Å²) in [4.78, 5) is 28.1. The van der Waals surface area contributed by atoms with Gasteiger partial charge < -0.3 is 15.5 Å². The van der Waals surface area contributed by atoms with Crippen molar-refractivity contribution in [3.05, 3.63) is 50.7 Å². The second-order valence-electron chi connectivity index (χ2n) is 8.88. The molecule has 29 heavy (non-hydrogen) atoms. The molecule has 7 heteroatoms. The van der Waals surface area contributed by atoms with Crippen LogP contribution in [0.25, 0.3) is 0 Å². The molecular formula is C22H28ClN3O2S. The van der Waals surface area contributed by atoms with E-state index in [1.54, 1.807) is 26.0 Å². The van der Waals surface area contributed by atoms with Gasteiger partial charge in [0.1, 0.15) is 5.54 Å². The van der Waals surface area contributed by atoms with Gasteiger partial charge in [0.2, 0.25) is 5.91 Å². The fourth-order valence-electron chi connectivity index (χ4n) is 3.81. The third-order valence-electron chi connectivity index (χ3n) is 5.31. The number of nitrogens with one attached hydrogen (secondary N) is 2. The molecule has 2 amide bonds. The van der Waals surface area contributed by atoms with E-state index in [0.29, 0.717) is 9.21 Å². The largest absolute Gasteiger partial charge is 0.337 e. The van der Waals surface area contributed by atoms with Gasteiger partial charge in [-0.25, -0.2) is 0 Å². The molecule has 1 aromatic heterocycles. The molecule has 0 atom stereocenters. The summed E-state index contributed by atoms with van der Waals surface area (Å²) in [5.74, 6) is -0.577. The van der Waals surface area contributed by atoms with Gasteiger partial charge in [0.15, 0.2) is 0 Å². The van der Waals surface area contributed by atoms with Gasteiger partial charge in [-0.2, -0.15) is 0 Å². The van der Waals surface area contributed by atoms with Gasteiger partial charge in [-0.15, -0.1) is 11.3 Å². The molecule has 0 saturated heterocycles. The zero-order chi connectivity index (χ0) is 21.4. The third-order valence-corrected chi connectivity index (χ3v) is 6.54. The molecule has 0 saturated carbocycles. The maximum Gasteiger partial charge on any atom is 0.262 e. The molecule has 0 radical (unpaired) electrons. The van der Waals surface area contributed by atoms with Crippen molar-refractivity contribution in [2.75, 3.05) is 25.5 Å². The van der Waals surface area contributed by atoms with Crippen molar-refractivity contribution in [1.82, 2.24) is 10.2 Å². The van der Waals surface area contributed by atoms with E-state index >= 15 is 0 Å². The minimum absolute atomic E-state index is 0.0539. The number of halogens is 1. The summed E-state index contributed by atoms with van der Waals surface area (Å²) in [6, 6.07) is 9.44. The quantitative estimate of drug-likeness (QED) is 0.755. The molecule has 1 aliphatic heterocycles. The Balaban J connectivity index is 1.74. The standard InChI is InChI=1S/C22H28ClN3O2S/c1-21(2)13-26(5)11-10-14-12-15(6-7-16(14)21)24-20(28)22(3,4)25-19(27)17-8-9-18(23)29-17/h6-9,12H,10-11,13H2,1-5H3,(H,24,28)(H,25,27). The van der Waals surface area contributed by atoms with Gasteiger partial charge in [0.05, 0.1) is 9.21 Å². The molecule has 2 heterocycles. The van der Waals surface area contributed by atoms with E-state index in [-0.39, 0.29) is 17.2 Å². The number of carbonyl (C=O) groups excluding carboxylic acids is 2. The van der Waals surface area contributed by atoms with E-state index in [9.17, 15) is 9.59 Å². The van der Waals surface area contributed by atoms with Gasteiger partial charge in [0, 0.05) is 24.2 Å². The van der Waals surface area contributed by atoms with Gasteiger partial charge in [-0.3, -0.25) is 9.59 Å². The summed E-state index contributed by atoms with van der Waals surface area (Å²) in [6.07, 6.45) is 0.943. The molecule has 2 aromatic rings. The zero-order valence-electron chi connectivity index (χ0n) is 17.6. The number of hydrogen-bond donors (Lipinski definition) is 2. The fraction of sp³-hybridized carbons (Fsp3) is 0.455. The first-order valence-electron chi connectivity index (χ1n) is 9.69. The smallest absolute Gasteiger partial charge is 0.262 e. The monoisotopic (exact) mass is 433 g/mol. The van der Waals surface area contributed by atoms with Crippen molar-refractivity contribution >= 4 is 40.4 Å². The topological polar surface area (TPSA) is 61.4 Å². The van der Waals surface area contributed by atoms with Crippen molar-refractivity contribution in [2.45, 2.75) is 45.1 Å². The average molecular weight is 434 g/mol. The molecule has 5 nitrogen and oxygen atoms in total. The molecule has 0 unspecified atom stereocenters. The van der Waals surface area contributed by atoms with Crippen molar-refractivity contribution in [3.8, 4) is 0 Å². The Morgan fingerprint density at radius 1 is 1.21 bits per heavy atom. The van der Waals surface area contributed by atoms with Crippen LogP contribution in [-0.2, 0) is 16.6 Å². The summed E-state index contributed by atoms with van der Waals surface area (Å²) >= 11 is 7.09. The fourth-order valence-corrected chi connectivity index (χ4v) is 4.75. The van der Waals surface area contributed by atoms with E-state index in [0.717, 1.165) is 25.2 Å². The zero-order valence-corrected chi connectivity index (χ0v) is 19.1. The van der Waals surface area contributed by atoms with E-state index < -0.39 is 5.54 Å². The Hall–Kier alpha value is -1.89. The predicted molar refractivity (Wildman–Crippen MR) is 120 cm³/mol. The average Bonchev–Trinajstić information content (AvgIpc) is 3.01. The Morgan fingerprint density at radius 2 is 1.93 bits per heavy atom. The van der Waals surface area contributed by atoms with Gasteiger partial charge in [-0.1, -0.05) is 31.5 Å². The van der Waals surface area contributed by atoms with Gasteiger partial charge in [0.25, 0.3) is 5.91 Å². The van der Waals surface area contributed by atoms with E-state index in [4.69, 9.17) is 11.6 Å². The van der Waals surface area contributed by atoms with Crippen molar-refractivity contribution in [3.63, 3.8) is 0 Å². The number of anilines is 1. The first-order chi connectivity index (χ1) is 13.5. The highest BCUT2D eigenvalue weighted by molar-refractivity contribution is 7.18. The number of carbonyl (C=O) groups is 2. The molecule has 0 aliphatic carbocycles. The summed E-state index contributed by atoms with van der Waals surface area (Å²) in [6.45, 7) is 9.87. The lowest BCUT2D eigenvalue weighted by molar-refractivity contribution is -0.120. The third kappa shape index (κ3) is 5.00. The molecule has 0 fully saturated rings. The second-order valence-corrected chi connectivity index (χ2v) is 10.6. The summed E-state index contributed by atoms with van der Waals surface area (Å²) in [7, 11) is 2.14. The highest BCUT2D eigenvalue weighted by Crippen LogP contribution is 2.32. The molecule has 0 spiro atoms. The van der Waals surface area contributed by atoms with Crippen LogP contribution in [0.2, 0.25) is 4.34 Å². The molecular weight excluding hydrogens is 406 g/mol. The van der Waals surface area contributed by atoms with Crippen molar-refractivity contribution < 1.29 is 9.59 Å². The molecule has 156 valence electrons. The van der Waals surface area contributed by atoms with Crippen LogP contribution in [0.1, 0.15) is 48.5 Å². The van der Waals surface area contributed by atoms with Crippen LogP contribution < -0.4 is 10.6 Å². The van der Waals surface area contributed by atoms with Crippen LogP contribution in [-0.4, -0.2) is 42.4 Å². The lowest BCUT2D eigenvalue weighted by Crippen LogP contribution is -2.52. The highest BCUT2D eigenvalue weighted by atomic mass is 35.5. The number of nitrogens with zero attached hydrogens (tertiary/aromatic N) is 1. The number of fused-ring (bicyclic) bond motifs is 1. The predicted octanol–water partition coefficient (Wildman–Crippen LogP) is 4.31. The Morgan fingerprint density at radius 3 is 2.59 bits per heavy atom. The number of likely N-dealkylation sites (N-methyl/N-ethyl adjacent to an activating group) is 1. The maximum atomic E-state index is 12.9. The van der Waals surface area contributed by atoms with Gasteiger partial charge >= 0.3 is 0 Å². The van der Waals surface area contributed by atoms with Crippen LogP contribution in [0.3, 0.4) is 0 Å². The molecule has 3 rings (SSSR count). The van der Waals surface area contributed by atoms with E-state index in [1.165, 1.54) is 22.5 Å². The van der Waals surface area contributed by atoms with Crippen LogP contribution in [0.5, 0.6) is 0 Å². The summed E-state index contributed by atoms with van der Waals surface area (Å²) in [5.41, 5.74) is 2.31. The molecule has 1 aromatic carbocycles. The van der Waals surface area contributed by atoms with Crippen molar-refractivity contribution in [1.29, 1.82) is 0 Å². The number of benzene rings is 1. The van der Waals surface area contributed by atoms with Crippen LogP contribution >= 0.6 is 22.9 Å². The van der Waals surface area contributed by atoms with Crippen LogP contribution in [0.15, 0.2) is 30.3 Å². The molecule has 2 N–H and O–H groups in total. The van der Waals surface area contributed by atoms with Crippen molar-refractivity contribution in [2.24, 2.45) is 0 Å². The Kier molecular flexibility index (Phi) is 6.08. The second kappa shape index (κ2) is 8.09. The molecule has 1 aliphatic rings. The summed E-state index contributed by atoms with van der Waals surface area (Å²) in [5, 5.41) is 5.75. The van der Waals surface area contributed by atoms with Gasteiger partial charge in [-0.05, 0) is 62.7 Å². The lowest BCUT2D eigenvalue weighted by atomic mass is 9.81. The van der Waals surface area contributed by atoms with Crippen LogP contribution in [0, 0.1) is 0 Å². The number of thiophene rings is 1. The maximum absolute atomic E-state index is 12.9. The minimum atomic E-state index is -1.07. The Labute approximate surface area is 181 Å². The number of rotatable bonds is 4. The number of amides is 2. The first kappa shape index (κ1) is 21.8. The van der Waals surface area contributed by atoms with Crippen LogP contribution in [0.4, 0.5) is 5.69 Å². The van der Waals surface area contributed by atoms with E-state index in [1.807, 2.05) is 6.07 Å². The minimum Gasteiger partial charge on any atom is -0.337 e. The lowest BCUT2D eigenvalue weighted by Gasteiger charge is -2.29. The molecule has 0 bridgehead atoms. The number of hydrogen-bond acceptors (Lipinski definition) is 4. The first-order valence-corrected chi connectivity index (χ1v) is 10.9. The Bertz CT molecular complexity index is 936. The highest BCUT2D eigenvalue weighted by Gasteiger charge is 2.32.